The summed E-state index contributed by atoms with van der Waals surface area (Å²) in [5.74, 6) is 0. The molecular formula is C15H19N3O2S. The number of benzene rings is 1. The number of nitrogens with zero attached hydrogens (tertiary/aromatic N) is 1. The molecule has 0 spiro atoms. The molecule has 1 aromatic heterocycles. The van der Waals surface area contributed by atoms with Crippen LogP contribution in [0.1, 0.15) is 24.1 Å². The number of aromatic nitrogens is 1. The summed E-state index contributed by atoms with van der Waals surface area (Å²) in [5.41, 5.74) is 7.37. The molecule has 112 valence electrons. The maximum absolute atomic E-state index is 12.3. The molecule has 0 saturated carbocycles. The van der Waals surface area contributed by atoms with Gasteiger partial charge in [0.15, 0.2) is 0 Å². The van der Waals surface area contributed by atoms with Crippen molar-refractivity contribution in [2.45, 2.75) is 24.3 Å². The highest BCUT2D eigenvalue weighted by Gasteiger charge is 2.18. The molecule has 0 aliphatic heterocycles. The molecule has 0 fully saturated rings. The number of nitrogens with two attached hydrogens (primary N) is 1. The lowest BCUT2D eigenvalue weighted by atomic mass is 10.1. The van der Waals surface area contributed by atoms with Crippen molar-refractivity contribution in [3.63, 3.8) is 0 Å². The number of sulfonamides is 1. The first kappa shape index (κ1) is 15.6. The predicted octanol–water partition coefficient (Wildman–Crippen LogP) is 1.62. The van der Waals surface area contributed by atoms with E-state index in [-0.39, 0.29) is 10.9 Å². The van der Waals surface area contributed by atoms with Crippen molar-refractivity contribution in [2.75, 3.05) is 6.54 Å². The fourth-order valence-electron chi connectivity index (χ4n) is 2.02. The van der Waals surface area contributed by atoms with Crippen LogP contribution in [-0.4, -0.2) is 19.9 Å². The van der Waals surface area contributed by atoms with Gasteiger partial charge in [-0.05, 0) is 55.3 Å². The van der Waals surface area contributed by atoms with Crippen molar-refractivity contribution in [1.82, 2.24) is 9.71 Å². The van der Waals surface area contributed by atoms with Gasteiger partial charge in [0.25, 0.3) is 0 Å². The minimum Gasteiger partial charge on any atom is -0.330 e. The van der Waals surface area contributed by atoms with E-state index in [4.69, 9.17) is 5.73 Å². The summed E-state index contributed by atoms with van der Waals surface area (Å²) >= 11 is 0. The smallest absolute Gasteiger partial charge is 0.241 e. The van der Waals surface area contributed by atoms with Crippen LogP contribution in [0.4, 0.5) is 0 Å². The molecule has 0 aliphatic carbocycles. The summed E-state index contributed by atoms with van der Waals surface area (Å²) < 4.78 is 27.3. The molecule has 0 saturated heterocycles. The molecule has 2 rings (SSSR count). The fourth-order valence-corrected chi connectivity index (χ4v) is 3.25. The number of hydrogen-bond acceptors (Lipinski definition) is 4. The standard InChI is InChI=1S/C15H19N3O2S/c1-12(14-7-10-17-11-8-14)18-21(19,20)15-4-2-13(3-5-15)6-9-16/h2-5,7-8,10-12,18H,6,9,16H2,1H3. The maximum Gasteiger partial charge on any atom is 0.241 e. The Hall–Kier alpha value is -1.76. The van der Waals surface area contributed by atoms with Gasteiger partial charge < -0.3 is 5.73 Å². The molecular weight excluding hydrogens is 286 g/mol. The molecule has 0 radical (unpaired) electrons. The van der Waals surface area contributed by atoms with Gasteiger partial charge in [-0.25, -0.2) is 13.1 Å². The van der Waals surface area contributed by atoms with Gasteiger partial charge in [-0.3, -0.25) is 4.98 Å². The Labute approximate surface area is 125 Å². The Kier molecular flexibility index (Phi) is 5.06. The number of pyridine rings is 1. The highest BCUT2D eigenvalue weighted by molar-refractivity contribution is 7.89. The van der Waals surface area contributed by atoms with Crippen molar-refractivity contribution in [3.8, 4) is 0 Å². The second kappa shape index (κ2) is 6.80. The van der Waals surface area contributed by atoms with Gasteiger partial charge in [-0.15, -0.1) is 0 Å². The summed E-state index contributed by atoms with van der Waals surface area (Å²) in [4.78, 5) is 4.18. The summed E-state index contributed by atoms with van der Waals surface area (Å²) in [5, 5.41) is 0. The van der Waals surface area contributed by atoms with Crippen molar-refractivity contribution < 1.29 is 8.42 Å². The molecule has 1 atom stereocenters. The lowest BCUT2D eigenvalue weighted by Crippen LogP contribution is -2.26. The highest BCUT2D eigenvalue weighted by atomic mass is 32.2. The van der Waals surface area contributed by atoms with Crippen LogP contribution in [0.2, 0.25) is 0 Å². The van der Waals surface area contributed by atoms with E-state index in [0.717, 1.165) is 17.5 Å². The van der Waals surface area contributed by atoms with Crippen LogP contribution in [0.3, 0.4) is 0 Å². The molecule has 2 aromatic rings. The Morgan fingerprint density at radius 3 is 2.33 bits per heavy atom. The van der Waals surface area contributed by atoms with Crippen molar-refractivity contribution >= 4 is 10.0 Å². The molecule has 21 heavy (non-hydrogen) atoms. The Morgan fingerprint density at radius 1 is 1.14 bits per heavy atom. The van der Waals surface area contributed by atoms with E-state index in [0.29, 0.717) is 6.54 Å². The summed E-state index contributed by atoms with van der Waals surface area (Å²) in [7, 11) is -3.54. The van der Waals surface area contributed by atoms with Gasteiger partial charge in [0.05, 0.1) is 4.90 Å². The quantitative estimate of drug-likeness (QED) is 0.849. The van der Waals surface area contributed by atoms with Crippen molar-refractivity contribution in [1.29, 1.82) is 0 Å². The lowest BCUT2D eigenvalue weighted by Gasteiger charge is -2.14. The molecule has 5 nitrogen and oxygen atoms in total. The third-order valence-electron chi connectivity index (χ3n) is 3.20. The zero-order chi connectivity index (χ0) is 15.3. The highest BCUT2D eigenvalue weighted by Crippen LogP contribution is 2.16. The number of nitrogens with one attached hydrogen (secondary N) is 1. The zero-order valence-corrected chi connectivity index (χ0v) is 12.7. The fraction of sp³-hybridized carbons (Fsp3) is 0.267. The predicted molar refractivity (Wildman–Crippen MR) is 82.2 cm³/mol. The first-order valence-corrected chi connectivity index (χ1v) is 8.22. The van der Waals surface area contributed by atoms with E-state index in [1.165, 1.54) is 0 Å². The van der Waals surface area contributed by atoms with Gasteiger partial charge in [-0.2, -0.15) is 0 Å². The zero-order valence-electron chi connectivity index (χ0n) is 11.9. The summed E-state index contributed by atoms with van der Waals surface area (Å²) in [6.45, 7) is 2.35. The summed E-state index contributed by atoms with van der Waals surface area (Å²) in [6.07, 6.45) is 4.02. The van der Waals surface area contributed by atoms with E-state index in [9.17, 15) is 8.42 Å². The molecule has 0 amide bonds. The van der Waals surface area contributed by atoms with Crippen LogP contribution in [-0.2, 0) is 16.4 Å². The largest absolute Gasteiger partial charge is 0.330 e. The average molecular weight is 305 g/mol. The third-order valence-corrected chi connectivity index (χ3v) is 4.76. The van der Waals surface area contributed by atoms with Gasteiger partial charge >= 0.3 is 0 Å². The molecule has 6 heteroatoms. The van der Waals surface area contributed by atoms with Crippen LogP contribution < -0.4 is 10.5 Å². The average Bonchev–Trinajstić information content (AvgIpc) is 2.48. The second-order valence-corrected chi connectivity index (χ2v) is 6.52. The normalized spacial score (nSPS) is 13.0. The summed E-state index contributed by atoms with van der Waals surface area (Å²) in [6, 6.07) is 10.0. The van der Waals surface area contributed by atoms with Crippen molar-refractivity contribution in [2.24, 2.45) is 5.73 Å². The SMILES string of the molecule is CC(NS(=O)(=O)c1ccc(CCN)cc1)c1ccncc1. The van der Waals surface area contributed by atoms with Gasteiger partial charge in [0, 0.05) is 18.4 Å². The molecule has 1 unspecified atom stereocenters. The second-order valence-electron chi connectivity index (χ2n) is 4.81. The van der Waals surface area contributed by atoms with Crippen LogP contribution in [0.15, 0.2) is 53.7 Å². The van der Waals surface area contributed by atoms with E-state index in [1.807, 2.05) is 0 Å². The van der Waals surface area contributed by atoms with E-state index in [1.54, 1.807) is 55.7 Å². The van der Waals surface area contributed by atoms with Crippen molar-refractivity contribution in [3.05, 3.63) is 59.9 Å². The third kappa shape index (κ3) is 4.10. The van der Waals surface area contributed by atoms with Gasteiger partial charge in [-0.1, -0.05) is 12.1 Å². The van der Waals surface area contributed by atoms with Crippen LogP contribution in [0, 0.1) is 0 Å². The Balaban J connectivity index is 2.14. The Bertz CT molecular complexity index is 670. The molecule has 1 heterocycles. The van der Waals surface area contributed by atoms with Crippen LogP contribution >= 0.6 is 0 Å². The molecule has 0 bridgehead atoms. The lowest BCUT2D eigenvalue weighted by molar-refractivity contribution is 0.567. The van der Waals surface area contributed by atoms with E-state index < -0.39 is 10.0 Å². The first-order chi connectivity index (χ1) is 10.0. The minimum absolute atomic E-state index is 0.254. The van der Waals surface area contributed by atoms with Crippen LogP contribution in [0.25, 0.3) is 0 Å². The minimum atomic E-state index is -3.54. The molecule has 3 N–H and O–H groups in total. The van der Waals surface area contributed by atoms with E-state index in [2.05, 4.69) is 9.71 Å². The van der Waals surface area contributed by atoms with E-state index >= 15 is 0 Å². The monoisotopic (exact) mass is 305 g/mol. The van der Waals surface area contributed by atoms with Crippen LogP contribution in [0.5, 0.6) is 0 Å². The maximum atomic E-state index is 12.3. The number of rotatable bonds is 6. The van der Waals surface area contributed by atoms with Gasteiger partial charge in [0.2, 0.25) is 10.0 Å². The molecule has 0 aliphatic rings. The molecule has 1 aromatic carbocycles. The topological polar surface area (TPSA) is 85.1 Å². The first-order valence-electron chi connectivity index (χ1n) is 6.74. The Morgan fingerprint density at radius 2 is 1.76 bits per heavy atom. The van der Waals surface area contributed by atoms with Gasteiger partial charge in [0.1, 0.15) is 0 Å². The number of hydrogen-bond donors (Lipinski definition) is 2.